The van der Waals surface area contributed by atoms with Gasteiger partial charge in [-0.25, -0.2) is 0 Å². The second-order valence-corrected chi connectivity index (χ2v) is 6.78. The van der Waals surface area contributed by atoms with Gasteiger partial charge in [0.15, 0.2) is 11.5 Å². The zero-order valence-corrected chi connectivity index (χ0v) is 14.5. The average molecular weight is 324 g/mol. The molecule has 0 atom stereocenters. The van der Waals surface area contributed by atoms with Crippen molar-refractivity contribution in [1.29, 1.82) is 0 Å². The molecule has 1 aliphatic rings. The lowest BCUT2D eigenvalue weighted by Gasteiger charge is -2.29. The molecule has 5 nitrogen and oxygen atoms in total. The summed E-state index contributed by atoms with van der Waals surface area (Å²) in [4.78, 5) is 14.3. The molecule has 1 aromatic carbocycles. The van der Waals surface area contributed by atoms with Gasteiger partial charge in [0.25, 0.3) is 5.91 Å². The monoisotopic (exact) mass is 324 g/mol. The van der Waals surface area contributed by atoms with Crippen molar-refractivity contribution in [2.45, 2.75) is 33.6 Å². The van der Waals surface area contributed by atoms with Crippen LogP contribution in [0.15, 0.2) is 30.3 Å². The van der Waals surface area contributed by atoms with Gasteiger partial charge < -0.3 is 10.2 Å². The molecule has 1 amide bonds. The molecule has 0 radical (unpaired) electrons. The van der Waals surface area contributed by atoms with Crippen molar-refractivity contribution in [1.82, 2.24) is 15.1 Å². The highest BCUT2D eigenvalue weighted by Crippen LogP contribution is 2.19. The van der Waals surface area contributed by atoms with Crippen molar-refractivity contribution in [2.75, 3.05) is 18.4 Å². The van der Waals surface area contributed by atoms with Crippen molar-refractivity contribution in [3.8, 4) is 0 Å². The normalized spacial score (nSPS) is 15.4. The number of aryl methyl sites for hydroxylation is 2. The lowest BCUT2D eigenvalue weighted by molar-refractivity contribution is 0.0690. The Hall–Kier alpha value is -2.43. The maximum absolute atomic E-state index is 12.5. The number of hydrogen-bond donors (Lipinski definition) is 1. The third-order valence-electron chi connectivity index (χ3n) is 4.45. The van der Waals surface area contributed by atoms with E-state index in [9.17, 15) is 4.79 Å². The number of amides is 1. The topological polar surface area (TPSA) is 58.1 Å². The smallest absolute Gasteiger partial charge is 0.274 e. The number of carbonyl (C=O) groups is 1. The third-order valence-corrected chi connectivity index (χ3v) is 4.45. The van der Waals surface area contributed by atoms with Crippen molar-refractivity contribution in [3.63, 3.8) is 0 Å². The molecule has 5 heteroatoms. The van der Waals surface area contributed by atoms with Crippen LogP contribution in [0.5, 0.6) is 0 Å². The van der Waals surface area contributed by atoms with Crippen LogP contribution in [-0.4, -0.2) is 34.1 Å². The molecule has 24 heavy (non-hydrogen) atoms. The first kappa shape index (κ1) is 16.4. The number of carbonyl (C=O) groups excluding carboxylic acids is 1. The molecular weight excluding hydrogens is 300 g/mol. The standard InChI is InChI=1S/C19H24N4O/c1-13-6-8-23(9-7-13)19(24)17-4-5-18(22-21-17)20-16-11-14(2)10-15(3)12-16/h4-5,10-13H,6-9H2,1-3H3,(H,20,22). The van der Waals surface area contributed by atoms with Crippen LogP contribution >= 0.6 is 0 Å². The van der Waals surface area contributed by atoms with E-state index >= 15 is 0 Å². The van der Waals surface area contributed by atoms with Gasteiger partial charge in [-0.1, -0.05) is 13.0 Å². The highest BCUT2D eigenvalue weighted by molar-refractivity contribution is 5.92. The number of piperidine rings is 1. The number of anilines is 2. The quantitative estimate of drug-likeness (QED) is 0.935. The Bertz CT molecular complexity index is 698. The van der Waals surface area contributed by atoms with Crippen molar-refractivity contribution in [3.05, 3.63) is 47.2 Å². The number of nitrogens with zero attached hydrogens (tertiary/aromatic N) is 3. The molecule has 1 aromatic heterocycles. The van der Waals surface area contributed by atoms with Crippen LogP contribution < -0.4 is 5.32 Å². The summed E-state index contributed by atoms with van der Waals surface area (Å²) in [6.07, 6.45) is 2.12. The van der Waals surface area contributed by atoms with E-state index < -0.39 is 0 Å². The Labute approximate surface area is 143 Å². The second kappa shape index (κ2) is 6.99. The first-order chi connectivity index (χ1) is 11.5. The fourth-order valence-corrected chi connectivity index (χ4v) is 3.08. The fraction of sp³-hybridized carbons (Fsp3) is 0.421. The van der Waals surface area contributed by atoms with Crippen LogP contribution in [0.2, 0.25) is 0 Å². The van der Waals surface area contributed by atoms with Crippen LogP contribution in [0.3, 0.4) is 0 Å². The van der Waals surface area contributed by atoms with E-state index in [0.29, 0.717) is 17.4 Å². The third kappa shape index (κ3) is 3.91. The molecule has 1 aliphatic heterocycles. The van der Waals surface area contributed by atoms with Gasteiger partial charge >= 0.3 is 0 Å². The molecule has 3 rings (SSSR count). The minimum atomic E-state index is -0.0210. The van der Waals surface area contributed by atoms with Crippen LogP contribution in [0, 0.1) is 19.8 Å². The van der Waals surface area contributed by atoms with Gasteiger partial charge in [-0.2, -0.15) is 0 Å². The molecule has 0 aliphatic carbocycles. The summed E-state index contributed by atoms with van der Waals surface area (Å²) in [6, 6.07) is 9.80. The van der Waals surface area contributed by atoms with Crippen molar-refractivity contribution < 1.29 is 4.79 Å². The summed E-state index contributed by atoms with van der Waals surface area (Å²) in [5.41, 5.74) is 3.77. The maximum atomic E-state index is 12.5. The predicted molar refractivity (Wildman–Crippen MR) is 95.5 cm³/mol. The first-order valence-corrected chi connectivity index (χ1v) is 8.49. The fourth-order valence-electron chi connectivity index (χ4n) is 3.08. The number of benzene rings is 1. The zero-order chi connectivity index (χ0) is 17.1. The second-order valence-electron chi connectivity index (χ2n) is 6.78. The van der Waals surface area contributed by atoms with Gasteiger partial charge in [-0.3, -0.25) is 4.79 Å². The van der Waals surface area contributed by atoms with Gasteiger partial charge in [-0.05, 0) is 68.0 Å². The Morgan fingerprint density at radius 3 is 2.33 bits per heavy atom. The number of rotatable bonds is 3. The Balaban J connectivity index is 1.67. The first-order valence-electron chi connectivity index (χ1n) is 8.49. The molecule has 0 bridgehead atoms. The number of likely N-dealkylation sites (tertiary alicyclic amines) is 1. The van der Waals surface area contributed by atoms with Gasteiger partial charge in [0.2, 0.25) is 0 Å². The molecule has 126 valence electrons. The van der Waals surface area contributed by atoms with Crippen LogP contribution in [0.1, 0.15) is 41.4 Å². The molecule has 1 saturated heterocycles. The van der Waals surface area contributed by atoms with Crippen LogP contribution in [0.4, 0.5) is 11.5 Å². The van der Waals surface area contributed by atoms with Gasteiger partial charge in [0, 0.05) is 18.8 Å². The largest absolute Gasteiger partial charge is 0.339 e. The zero-order valence-electron chi connectivity index (χ0n) is 14.5. The van der Waals surface area contributed by atoms with Gasteiger partial charge in [0.05, 0.1) is 0 Å². The van der Waals surface area contributed by atoms with Crippen LogP contribution in [0.25, 0.3) is 0 Å². The summed E-state index contributed by atoms with van der Waals surface area (Å²) in [5.74, 6) is 1.32. The van der Waals surface area contributed by atoms with Gasteiger partial charge in [0.1, 0.15) is 0 Å². The molecule has 2 aromatic rings. The molecule has 2 heterocycles. The number of hydrogen-bond acceptors (Lipinski definition) is 4. The Kier molecular flexibility index (Phi) is 4.79. The molecular formula is C19H24N4O. The maximum Gasteiger partial charge on any atom is 0.274 e. The summed E-state index contributed by atoms with van der Waals surface area (Å²) in [7, 11) is 0. The molecule has 0 spiro atoms. The Morgan fingerprint density at radius 1 is 1.08 bits per heavy atom. The van der Waals surface area contributed by atoms with Crippen LogP contribution in [-0.2, 0) is 0 Å². The minimum Gasteiger partial charge on any atom is -0.339 e. The lowest BCUT2D eigenvalue weighted by atomic mass is 9.99. The summed E-state index contributed by atoms with van der Waals surface area (Å²) in [6.45, 7) is 7.97. The van der Waals surface area contributed by atoms with E-state index in [1.165, 1.54) is 11.1 Å². The average Bonchev–Trinajstić information content (AvgIpc) is 2.55. The van der Waals surface area contributed by atoms with E-state index in [1.807, 2.05) is 11.0 Å². The summed E-state index contributed by atoms with van der Waals surface area (Å²) < 4.78 is 0. The minimum absolute atomic E-state index is 0.0210. The number of nitrogens with one attached hydrogen (secondary N) is 1. The van der Waals surface area contributed by atoms with E-state index in [-0.39, 0.29) is 5.91 Å². The summed E-state index contributed by atoms with van der Waals surface area (Å²) in [5, 5.41) is 11.5. The predicted octanol–water partition coefficient (Wildman–Crippen LogP) is 3.71. The highest BCUT2D eigenvalue weighted by Gasteiger charge is 2.22. The molecule has 1 fully saturated rings. The molecule has 1 N–H and O–H groups in total. The number of aromatic nitrogens is 2. The van der Waals surface area contributed by atoms with Crippen molar-refractivity contribution in [2.24, 2.45) is 5.92 Å². The SMILES string of the molecule is Cc1cc(C)cc(Nc2ccc(C(=O)N3CCC(C)CC3)nn2)c1. The lowest BCUT2D eigenvalue weighted by Crippen LogP contribution is -2.38. The van der Waals surface area contributed by atoms with Gasteiger partial charge in [-0.15, -0.1) is 10.2 Å². The van der Waals surface area contributed by atoms with E-state index in [0.717, 1.165) is 31.6 Å². The van der Waals surface area contributed by atoms with E-state index in [1.54, 1.807) is 6.07 Å². The highest BCUT2D eigenvalue weighted by atomic mass is 16.2. The summed E-state index contributed by atoms with van der Waals surface area (Å²) >= 11 is 0. The van der Waals surface area contributed by atoms with E-state index in [4.69, 9.17) is 0 Å². The van der Waals surface area contributed by atoms with E-state index in [2.05, 4.69) is 54.5 Å². The Morgan fingerprint density at radius 2 is 1.75 bits per heavy atom. The molecule has 0 unspecified atom stereocenters. The molecule has 0 saturated carbocycles. The van der Waals surface area contributed by atoms with Crippen molar-refractivity contribution >= 4 is 17.4 Å².